The average molecular weight is 709 g/mol. The van der Waals surface area contributed by atoms with Gasteiger partial charge in [-0.05, 0) is 47.9 Å². The summed E-state index contributed by atoms with van der Waals surface area (Å²) in [6.45, 7) is 4.65. The molecule has 47 heavy (non-hydrogen) atoms. The normalized spacial score (nSPS) is 18.9. The third-order valence-corrected chi connectivity index (χ3v) is 9.09. The highest BCUT2D eigenvalue weighted by Gasteiger charge is 2.44. The summed E-state index contributed by atoms with van der Waals surface area (Å²) in [6, 6.07) is 0. The first-order valence-electron chi connectivity index (χ1n) is 16.7. The Hall–Kier alpha value is -3.06. The molecule has 0 bridgehead atoms. The Morgan fingerprint density at radius 2 is 0.872 bits per heavy atom. The van der Waals surface area contributed by atoms with Crippen LogP contribution >= 0.6 is 17.2 Å². The summed E-state index contributed by atoms with van der Waals surface area (Å²) in [4.78, 5) is 0. The van der Waals surface area contributed by atoms with Crippen LogP contribution in [0.5, 0.6) is 0 Å². The van der Waals surface area contributed by atoms with Crippen LogP contribution in [0.15, 0.2) is 0 Å². The van der Waals surface area contributed by atoms with Crippen molar-refractivity contribution >= 4 is 17.2 Å². The van der Waals surface area contributed by atoms with Crippen molar-refractivity contribution in [3.8, 4) is 95.4 Å². The molecule has 0 saturated carbocycles. The van der Waals surface area contributed by atoms with E-state index in [1.54, 1.807) is 0 Å². The minimum atomic E-state index is -1.58. The van der Waals surface area contributed by atoms with Crippen LogP contribution in [0.25, 0.3) is 0 Å². The van der Waals surface area contributed by atoms with Crippen LogP contribution in [-0.4, -0.2) is 33.0 Å². The van der Waals surface area contributed by atoms with E-state index in [9.17, 15) is 0 Å². The second-order valence-corrected chi connectivity index (χ2v) is 13.5. The first-order chi connectivity index (χ1) is 23.3. The molecule has 0 aromatic rings. The standard InChI is InChI=1S/C39H46O6P2.18H2/c1-3-5-7-9-11-13-15-17-19-20-22-24-26-28-30-32-34-41-47-44-37-39(38-45-47)35-42-46(43-36-39)40-33-31-29-27-25-23-21-18-16-14-12-10-8-6-4-2;;;;;;;;;;;;;;;;;;/h2H,3,5,7,9,11,13,15,17,19-20,22,24,26,28,30,32,34-38H2,1H3;18*1H. The molecular weight excluding hydrogens is 626 g/mol. The summed E-state index contributed by atoms with van der Waals surface area (Å²) in [5, 5.41) is 0. The third-order valence-electron chi connectivity index (χ3n) is 7.09. The Bertz CT molecular complexity index is 1420. The molecular formula is C39H82O6P2. The van der Waals surface area contributed by atoms with E-state index in [4.69, 9.17) is 33.6 Å². The molecule has 0 unspecified atom stereocenters. The Balaban J connectivity index is -0.0000000853. The molecule has 284 valence electrons. The zero-order valence-electron chi connectivity index (χ0n) is 27.8. The van der Waals surface area contributed by atoms with Crippen LogP contribution in [0.4, 0.5) is 0 Å². The van der Waals surface area contributed by atoms with Crippen LogP contribution in [0, 0.1) is 101 Å². The van der Waals surface area contributed by atoms with Crippen LogP contribution in [0.1, 0.15) is 135 Å². The summed E-state index contributed by atoms with van der Waals surface area (Å²) >= 11 is 0. The zero-order valence-corrected chi connectivity index (χ0v) is 29.6. The summed E-state index contributed by atoms with van der Waals surface area (Å²) in [5.74, 6) is 34.7. The van der Waals surface area contributed by atoms with Crippen LogP contribution in [0.2, 0.25) is 0 Å². The van der Waals surface area contributed by atoms with Gasteiger partial charge in [0, 0.05) is 67.1 Å². The maximum atomic E-state index is 5.86. The monoisotopic (exact) mass is 709 g/mol. The Labute approximate surface area is 314 Å². The van der Waals surface area contributed by atoms with Gasteiger partial charge in [-0.2, -0.15) is 0 Å². The highest BCUT2D eigenvalue weighted by atomic mass is 31.2. The molecule has 0 N–H and O–H groups in total. The van der Waals surface area contributed by atoms with Crippen LogP contribution < -0.4 is 0 Å². The van der Waals surface area contributed by atoms with E-state index in [1.807, 2.05) is 0 Å². The maximum Gasteiger partial charge on any atom is 0.406 e. The third kappa shape index (κ3) is 22.2. The average Bonchev–Trinajstić information content (AvgIpc) is 3.09. The molecule has 2 heterocycles. The van der Waals surface area contributed by atoms with Gasteiger partial charge in [0.25, 0.3) is 0 Å². The van der Waals surface area contributed by atoms with Gasteiger partial charge in [0.05, 0.1) is 38.4 Å². The van der Waals surface area contributed by atoms with Gasteiger partial charge in [0.2, 0.25) is 0 Å². The van der Waals surface area contributed by atoms with E-state index in [2.05, 4.69) is 95.9 Å². The molecule has 6 nitrogen and oxygen atoms in total. The lowest BCUT2D eigenvalue weighted by Crippen LogP contribution is -2.44. The smallest absolute Gasteiger partial charge is 0.372 e. The Morgan fingerprint density at radius 3 is 1.30 bits per heavy atom. The predicted octanol–water partition coefficient (Wildman–Crippen LogP) is 12.9. The fourth-order valence-electron chi connectivity index (χ4n) is 4.47. The number of unbranched alkanes of at least 4 members (excludes halogenated alkanes) is 15. The first kappa shape index (κ1) is 40.1. The van der Waals surface area contributed by atoms with E-state index < -0.39 is 17.2 Å². The molecule has 0 amide bonds. The van der Waals surface area contributed by atoms with E-state index in [0.717, 1.165) is 6.42 Å². The van der Waals surface area contributed by atoms with Gasteiger partial charge >= 0.3 is 17.2 Å². The Morgan fingerprint density at radius 1 is 0.511 bits per heavy atom. The number of hydrogen-bond donors (Lipinski definition) is 0. The topological polar surface area (TPSA) is 55.4 Å². The molecule has 0 aromatic heterocycles. The molecule has 2 aliphatic heterocycles. The minimum Gasteiger partial charge on any atom is -0.372 e. The van der Waals surface area contributed by atoms with E-state index >= 15 is 0 Å². The fourth-order valence-corrected chi connectivity index (χ4v) is 6.78. The van der Waals surface area contributed by atoms with Gasteiger partial charge in [0.1, 0.15) is 6.11 Å². The highest BCUT2D eigenvalue weighted by Crippen LogP contribution is 2.52. The van der Waals surface area contributed by atoms with E-state index in [0.29, 0.717) is 33.0 Å². The van der Waals surface area contributed by atoms with Gasteiger partial charge in [-0.3, -0.25) is 0 Å². The summed E-state index contributed by atoms with van der Waals surface area (Å²) in [6.07, 6.45) is 29.0. The fraction of sp³-hybridized carbons (Fsp3) is 0.590. The quantitative estimate of drug-likeness (QED) is 0.0756. The lowest BCUT2D eigenvalue weighted by Gasteiger charge is -2.40. The maximum absolute atomic E-state index is 5.86. The van der Waals surface area contributed by atoms with Gasteiger partial charge < -0.3 is 27.1 Å². The SMILES string of the molecule is C#CC#CC#CC#CC#CC#CC#CC#COP1OCC2(CO1)COP(OCCCCCCCCCCCCCCCCCC)OC2.[HH].[HH].[HH].[HH].[HH].[HH].[HH].[HH].[HH].[HH].[HH].[HH].[HH].[HH].[HH].[HH].[HH].[HH]. The molecule has 0 atom stereocenters. The van der Waals surface area contributed by atoms with Gasteiger partial charge in [-0.15, -0.1) is 6.42 Å². The molecule has 0 aliphatic carbocycles. The van der Waals surface area contributed by atoms with Gasteiger partial charge in [-0.25, -0.2) is 0 Å². The summed E-state index contributed by atoms with van der Waals surface area (Å²) < 4.78 is 34.3. The van der Waals surface area contributed by atoms with Crippen molar-refractivity contribution in [2.75, 3.05) is 33.0 Å². The molecule has 2 fully saturated rings. The molecule has 2 aliphatic rings. The number of rotatable bonds is 19. The summed E-state index contributed by atoms with van der Waals surface area (Å²) in [7, 11) is -2.90. The molecule has 0 aromatic carbocycles. The lowest BCUT2D eigenvalue weighted by atomic mass is 9.93. The molecule has 2 rings (SSSR count). The molecule has 0 radical (unpaired) electrons. The lowest BCUT2D eigenvalue weighted by molar-refractivity contribution is -0.0728. The van der Waals surface area contributed by atoms with Crippen molar-refractivity contribution in [1.29, 1.82) is 0 Å². The van der Waals surface area contributed by atoms with Gasteiger partial charge in [-0.1, -0.05) is 103 Å². The summed E-state index contributed by atoms with van der Waals surface area (Å²) in [5.41, 5.74) is -0.366. The number of hydrogen-bond acceptors (Lipinski definition) is 6. The van der Waals surface area contributed by atoms with E-state index in [1.165, 1.54) is 96.3 Å². The largest absolute Gasteiger partial charge is 0.406 e. The minimum absolute atomic E-state index is 0. The second kappa shape index (κ2) is 29.1. The van der Waals surface area contributed by atoms with Gasteiger partial charge in [0.15, 0.2) is 0 Å². The van der Waals surface area contributed by atoms with Crippen LogP contribution in [0.3, 0.4) is 0 Å². The number of terminal acetylenes is 1. The predicted molar refractivity (Wildman–Crippen MR) is 228 cm³/mol. The first-order valence-corrected chi connectivity index (χ1v) is 18.8. The molecule has 8 heteroatoms. The van der Waals surface area contributed by atoms with Crippen molar-refractivity contribution in [1.82, 2.24) is 0 Å². The van der Waals surface area contributed by atoms with Crippen molar-refractivity contribution < 1.29 is 52.8 Å². The van der Waals surface area contributed by atoms with Crippen LogP contribution in [-0.2, 0) is 27.1 Å². The van der Waals surface area contributed by atoms with Crippen molar-refractivity contribution in [2.24, 2.45) is 5.41 Å². The van der Waals surface area contributed by atoms with Crippen molar-refractivity contribution in [3.63, 3.8) is 0 Å². The second-order valence-electron chi connectivity index (χ2n) is 11.1. The van der Waals surface area contributed by atoms with E-state index in [-0.39, 0.29) is 31.1 Å². The molecule has 2 saturated heterocycles. The molecule has 1 spiro atoms. The van der Waals surface area contributed by atoms with Crippen molar-refractivity contribution in [2.45, 2.75) is 110 Å². The van der Waals surface area contributed by atoms with Crippen molar-refractivity contribution in [3.05, 3.63) is 0 Å². The zero-order chi connectivity index (χ0) is 33.4. The Kier molecular flexibility index (Phi) is 24.8. The highest BCUT2D eigenvalue weighted by molar-refractivity contribution is 7.42.